The minimum atomic E-state index is 0. The van der Waals surface area contributed by atoms with Crippen LogP contribution >= 0.6 is 35.7 Å². The highest BCUT2D eigenvalue weighted by Crippen LogP contribution is 2.19. The Kier molecular flexibility index (Phi) is 11.1. The summed E-state index contributed by atoms with van der Waals surface area (Å²) in [7, 11) is 1.84. The quantitative estimate of drug-likeness (QED) is 0.398. The molecule has 1 fully saturated rings. The fraction of sp³-hybridized carbons (Fsp3) is 0.929. The molecule has 0 radical (unpaired) electrons. The van der Waals surface area contributed by atoms with Crippen molar-refractivity contribution in [1.82, 2.24) is 15.5 Å². The number of guanidine groups is 1. The molecule has 0 spiro atoms. The van der Waals surface area contributed by atoms with E-state index in [1.54, 1.807) is 0 Å². The van der Waals surface area contributed by atoms with Gasteiger partial charge in [-0.05, 0) is 46.0 Å². The van der Waals surface area contributed by atoms with Gasteiger partial charge in [-0.2, -0.15) is 11.8 Å². The van der Waals surface area contributed by atoms with Gasteiger partial charge in [-0.25, -0.2) is 0 Å². The van der Waals surface area contributed by atoms with E-state index in [1.807, 2.05) is 18.8 Å². The molecule has 1 saturated heterocycles. The lowest BCUT2D eigenvalue weighted by Gasteiger charge is -2.27. The summed E-state index contributed by atoms with van der Waals surface area (Å²) in [6.45, 7) is 10.0. The Hall–Kier alpha value is 0.310. The topological polar surface area (TPSA) is 39.7 Å². The van der Waals surface area contributed by atoms with Crippen molar-refractivity contribution in [3.05, 3.63) is 0 Å². The zero-order chi connectivity index (χ0) is 14.1. The van der Waals surface area contributed by atoms with Gasteiger partial charge >= 0.3 is 0 Å². The van der Waals surface area contributed by atoms with Gasteiger partial charge in [0.1, 0.15) is 0 Å². The van der Waals surface area contributed by atoms with E-state index in [1.165, 1.54) is 32.4 Å². The number of aliphatic imine (C=N–C) groups is 1. The van der Waals surface area contributed by atoms with Crippen LogP contribution in [0, 0.1) is 0 Å². The highest BCUT2D eigenvalue weighted by molar-refractivity contribution is 14.0. The fourth-order valence-corrected chi connectivity index (χ4v) is 2.32. The molecule has 0 saturated carbocycles. The number of hydrogen-bond donors (Lipinski definition) is 2. The average molecular weight is 414 g/mol. The van der Waals surface area contributed by atoms with E-state index in [0.717, 1.165) is 25.6 Å². The van der Waals surface area contributed by atoms with Crippen molar-refractivity contribution < 1.29 is 0 Å². The van der Waals surface area contributed by atoms with Crippen LogP contribution < -0.4 is 10.6 Å². The molecule has 0 aromatic rings. The number of likely N-dealkylation sites (tertiary alicyclic amines) is 1. The average Bonchev–Trinajstić information content (AvgIpc) is 2.43. The van der Waals surface area contributed by atoms with Crippen molar-refractivity contribution in [1.29, 1.82) is 0 Å². The molecule has 0 unspecified atom stereocenters. The van der Waals surface area contributed by atoms with Crippen LogP contribution in [0.1, 0.15) is 33.1 Å². The summed E-state index contributed by atoms with van der Waals surface area (Å²) < 4.78 is 0.241. The van der Waals surface area contributed by atoms with Crippen LogP contribution in [0.15, 0.2) is 4.99 Å². The van der Waals surface area contributed by atoms with Gasteiger partial charge in [-0.1, -0.05) is 6.42 Å². The van der Waals surface area contributed by atoms with E-state index in [4.69, 9.17) is 0 Å². The first-order valence-electron chi connectivity index (χ1n) is 7.29. The van der Waals surface area contributed by atoms with Crippen LogP contribution in [0.2, 0.25) is 0 Å². The van der Waals surface area contributed by atoms with Crippen LogP contribution in [0.3, 0.4) is 0 Å². The van der Waals surface area contributed by atoms with E-state index in [-0.39, 0.29) is 28.7 Å². The standard InChI is InChI=1S/C14H30N4S.HI/c1-14(2,19-4)12-17-13(15-3)16-8-11-18-9-6-5-7-10-18;/h5-12H2,1-4H3,(H2,15,16,17);1H. The molecule has 0 bridgehead atoms. The number of nitrogens with one attached hydrogen (secondary N) is 2. The first kappa shape index (κ1) is 20.3. The zero-order valence-corrected chi connectivity index (χ0v) is 16.5. The Bertz CT molecular complexity index is 278. The van der Waals surface area contributed by atoms with E-state index in [0.29, 0.717) is 0 Å². The molecular formula is C14H31IN4S. The molecule has 2 N–H and O–H groups in total. The number of thioether (sulfide) groups is 1. The Labute approximate surface area is 145 Å². The Morgan fingerprint density at radius 3 is 2.40 bits per heavy atom. The third kappa shape index (κ3) is 8.56. The van der Waals surface area contributed by atoms with Crippen LogP contribution in [0.4, 0.5) is 0 Å². The molecule has 0 amide bonds. The normalized spacial score (nSPS) is 17.5. The van der Waals surface area contributed by atoms with Gasteiger partial charge in [0.05, 0.1) is 0 Å². The number of piperidine rings is 1. The van der Waals surface area contributed by atoms with Gasteiger partial charge in [0.2, 0.25) is 0 Å². The molecular weight excluding hydrogens is 383 g/mol. The lowest BCUT2D eigenvalue weighted by Crippen LogP contribution is -2.45. The largest absolute Gasteiger partial charge is 0.355 e. The Balaban J connectivity index is 0.00000361. The van der Waals surface area contributed by atoms with Crippen molar-refractivity contribution in [2.24, 2.45) is 4.99 Å². The van der Waals surface area contributed by atoms with Crippen LogP contribution in [-0.2, 0) is 0 Å². The van der Waals surface area contributed by atoms with Gasteiger partial charge in [0.25, 0.3) is 0 Å². The van der Waals surface area contributed by atoms with Gasteiger partial charge in [-0.3, -0.25) is 4.99 Å². The third-order valence-electron chi connectivity index (χ3n) is 3.63. The summed E-state index contributed by atoms with van der Waals surface area (Å²) in [6.07, 6.45) is 6.26. The third-order valence-corrected chi connectivity index (χ3v) is 4.88. The highest BCUT2D eigenvalue weighted by atomic mass is 127. The van der Waals surface area contributed by atoms with Gasteiger partial charge < -0.3 is 15.5 Å². The van der Waals surface area contributed by atoms with Crippen molar-refractivity contribution in [2.45, 2.75) is 37.9 Å². The second-order valence-corrected chi connectivity index (χ2v) is 7.23. The first-order valence-corrected chi connectivity index (χ1v) is 8.52. The minimum Gasteiger partial charge on any atom is -0.355 e. The van der Waals surface area contributed by atoms with Gasteiger partial charge in [-0.15, -0.1) is 24.0 Å². The van der Waals surface area contributed by atoms with E-state index in [2.05, 4.69) is 40.6 Å². The lowest BCUT2D eigenvalue weighted by molar-refractivity contribution is 0.232. The summed E-state index contributed by atoms with van der Waals surface area (Å²) in [5.41, 5.74) is 0. The maximum Gasteiger partial charge on any atom is 0.191 e. The number of nitrogens with zero attached hydrogens (tertiary/aromatic N) is 2. The first-order chi connectivity index (χ1) is 9.07. The lowest BCUT2D eigenvalue weighted by atomic mass is 10.1. The predicted octanol–water partition coefficient (Wildman–Crippen LogP) is 2.40. The van der Waals surface area contributed by atoms with Crippen molar-refractivity contribution >= 4 is 41.7 Å². The number of hydrogen-bond acceptors (Lipinski definition) is 3. The SMILES string of the molecule is CN=C(NCCN1CCCCC1)NCC(C)(C)SC.I. The summed E-state index contributed by atoms with van der Waals surface area (Å²) in [4.78, 5) is 6.81. The van der Waals surface area contributed by atoms with Crippen molar-refractivity contribution in [3.8, 4) is 0 Å². The summed E-state index contributed by atoms with van der Waals surface area (Å²) >= 11 is 1.87. The molecule has 1 rings (SSSR count). The summed E-state index contributed by atoms with van der Waals surface area (Å²) in [5, 5.41) is 6.80. The maximum absolute atomic E-state index is 4.27. The molecule has 6 heteroatoms. The van der Waals surface area contributed by atoms with Crippen LogP contribution in [0.5, 0.6) is 0 Å². The molecule has 0 aromatic carbocycles. The van der Waals surface area contributed by atoms with E-state index in [9.17, 15) is 0 Å². The van der Waals surface area contributed by atoms with Crippen LogP contribution in [-0.4, -0.2) is 61.6 Å². The molecule has 1 aliphatic heterocycles. The molecule has 1 heterocycles. The van der Waals surface area contributed by atoms with Gasteiger partial charge in [0, 0.05) is 31.4 Å². The number of rotatable bonds is 6. The Morgan fingerprint density at radius 2 is 1.85 bits per heavy atom. The van der Waals surface area contributed by atoms with Crippen molar-refractivity contribution in [3.63, 3.8) is 0 Å². The van der Waals surface area contributed by atoms with Gasteiger partial charge in [0.15, 0.2) is 5.96 Å². The second kappa shape index (κ2) is 11.0. The molecule has 4 nitrogen and oxygen atoms in total. The van der Waals surface area contributed by atoms with Crippen molar-refractivity contribution in [2.75, 3.05) is 46.0 Å². The second-order valence-electron chi connectivity index (χ2n) is 5.72. The minimum absolute atomic E-state index is 0. The molecule has 0 atom stereocenters. The predicted molar refractivity (Wildman–Crippen MR) is 103 cm³/mol. The Morgan fingerprint density at radius 1 is 1.20 bits per heavy atom. The van der Waals surface area contributed by atoms with E-state index >= 15 is 0 Å². The molecule has 0 aromatic heterocycles. The molecule has 0 aliphatic carbocycles. The summed E-state index contributed by atoms with van der Waals surface area (Å²) in [5.74, 6) is 0.916. The highest BCUT2D eigenvalue weighted by Gasteiger charge is 2.16. The van der Waals surface area contributed by atoms with E-state index < -0.39 is 0 Å². The maximum atomic E-state index is 4.27. The smallest absolute Gasteiger partial charge is 0.191 e. The number of halogens is 1. The molecule has 1 aliphatic rings. The summed E-state index contributed by atoms with van der Waals surface area (Å²) in [6, 6.07) is 0. The fourth-order valence-electron chi connectivity index (χ4n) is 2.10. The molecule has 20 heavy (non-hydrogen) atoms. The zero-order valence-electron chi connectivity index (χ0n) is 13.4. The van der Waals surface area contributed by atoms with Crippen LogP contribution in [0.25, 0.3) is 0 Å². The molecule has 120 valence electrons. The monoisotopic (exact) mass is 414 g/mol.